The van der Waals surface area contributed by atoms with E-state index in [1.165, 1.54) is 11.8 Å². The first-order valence-corrected chi connectivity index (χ1v) is 12.2. The molecular weight excluding hydrogens is 535 g/mol. The van der Waals surface area contributed by atoms with Crippen LogP contribution in [0.4, 0.5) is 5.69 Å². The molecule has 32 heavy (non-hydrogen) atoms. The van der Waals surface area contributed by atoms with Crippen molar-refractivity contribution in [1.82, 2.24) is 14.8 Å². The van der Waals surface area contributed by atoms with E-state index in [2.05, 4.69) is 38.0 Å². The molecule has 0 saturated carbocycles. The molecule has 0 fully saturated rings. The van der Waals surface area contributed by atoms with Crippen molar-refractivity contribution in [2.75, 3.05) is 11.1 Å². The van der Waals surface area contributed by atoms with Crippen LogP contribution in [-0.4, -0.2) is 26.4 Å². The van der Waals surface area contributed by atoms with Gasteiger partial charge in [0.25, 0.3) is 0 Å². The van der Waals surface area contributed by atoms with E-state index in [4.69, 9.17) is 27.9 Å². The van der Waals surface area contributed by atoms with Crippen molar-refractivity contribution >= 4 is 62.5 Å². The zero-order valence-electron chi connectivity index (χ0n) is 17.4. The molecule has 0 radical (unpaired) electrons. The molecule has 1 atom stereocenters. The van der Waals surface area contributed by atoms with Gasteiger partial charge in [0.05, 0.1) is 16.5 Å². The molecule has 0 aliphatic heterocycles. The fourth-order valence-corrected chi connectivity index (χ4v) is 4.46. The molecule has 1 N–H and O–H groups in total. The summed E-state index contributed by atoms with van der Waals surface area (Å²) in [5.74, 6) is 1.27. The lowest BCUT2D eigenvalue weighted by Gasteiger charge is -2.16. The van der Waals surface area contributed by atoms with E-state index in [9.17, 15) is 4.79 Å². The molecule has 1 aromatic heterocycles. The van der Waals surface area contributed by atoms with Gasteiger partial charge in [0.1, 0.15) is 5.75 Å². The second kappa shape index (κ2) is 11.2. The summed E-state index contributed by atoms with van der Waals surface area (Å²) in [5, 5.41) is 13.1. The van der Waals surface area contributed by atoms with Crippen molar-refractivity contribution in [1.29, 1.82) is 0 Å². The Morgan fingerprint density at radius 3 is 2.75 bits per heavy atom. The molecule has 0 saturated heterocycles. The Morgan fingerprint density at radius 1 is 1.28 bits per heavy atom. The summed E-state index contributed by atoms with van der Waals surface area (Å²) < 4.78 is 8.76. The predicted octanol–water partition coefficient (Wildman–Crippen LogP) is 6.71. The van der Waals surface area contributed by atoms with Crippen LogP contribution >= 0.6 is 50.9 Å². The van der Waals surface area contributed by atoms with E-state index in [1.54, 1.807) is 24.3 Å². The average Bonchev–Trinajstić information content (AvgIpc) is 3.14. The first-order chi connectivity index (χ1) is 15.3. The van der Waals surface area contributed by atoms with Gasteiger partial charge in [-0.2, -0.15) is 0 Å². The third kappa shape index (κ3) is 6.28. The van der Waals surface area contributed by atoms with Crippen molar-refractivity contribution in [2.45, 2.75) is 31.7 Å². The number of aryl methyl sites for hydroxylation is 1. The Kier molecular flexibility index (Phi) is 8.64. The topological polar surface area (TPSA) is 69.0 Å². The summed E-state index contributed by atoms with van der Waals surface area (Å²) in [6, 6.07) is 10.8. The number of carbonyl (C=O) groups excluding carboxylic acids is 1. The number of hydrogen-bond donors (Lipinski definition) is 1. The monoisotopic (exact) mass is 554 g/mol. The zero-order chi connectivity index (χ0) is 23.3. The van der Waals surface area contributed by atoms with E-state index < -0.39 is 0 Å². The van der Waals surface area contributed by atoms with Crippen molar-refractivity contribution < 1.29 is 9.53 Å². The number of rotatable bonds is 9. The van der Waals surface area contributed by atoms with Crippen molar-refractivity contribution in [3.05, 3.63) is 75.0 Å². The molecule has 1 unspecified atom stereocenters. The summed E-state index contributed by atoms with van der Waals surface area (Å²) in [5.41, 5.74) is 1.48. The van der Waals surface area contributed by atoms with Gasteiger partial charge in [-0.1, -0.05) is 57.0 Å². The molecule has 10 heteroatoms. The number of allylic oxidation sites excluding steroid dienone is 1. The second-order valence-electron chi connectivity index (χ2n) is 6.87. The molecule has 3 rings (SSSR count). The molecule has 0 spiro atoms. The Balaban J connectivity index is 1.68. The highest BCUT2D eigenvalue weighted by molar-refractivity contribution is 9.10. The van der Waals surface area contributed by atoms with Gasteiger partial charge in [-0.25, -0.2) is 0 Å². The van der Waals surface area contributed by atoms with Gasteiger partial charge < -0.3 is 10.1 Å². The summed E-state index contributed by atoms with van der Waals surface area (Å²) >= 11 is 16.9. The number of nitrogens with zero attached hydrogens (tertiary/aromatic N) is 3. The Hall–Kier alpha value is -2.00. The van der Waals surface area contributed by atoms with Crippen LogP contribution in [0, 0.1) is 6.92 Å². The second-order valence-corrected chi connectivity index (χ2v) is 9.54. The van der Waals surface area contributed by atoms with Gasteiger partial charge in [-0.3, -0.25) is 9.36 Å². The minimum Gasteiger partial charge on any atom is -0.483 e. The number of aromatic nitrogens is 3. The normalized spacial score (nSPS) is 11.8. The summed E-state index contributed by atoms with van der Waals surface area (Å²) in [6.45, 7) is 8.11. The van der Waals surface area contributed by atoms with Crippen LogP contribution in [0.15, 0.2) is 58.7 Å². The average molecular weight is 556 g/mol. The van der Waals surface area contributed by atoms with Crippen molar-refractivity contribution in [3.8, 4) is 5.75 Å². The molecule has 2 aromatic carbocycles. The van der Waals surface area contributed by atoms with Crippen molar-refractivity contribution in [3.63, 3.8) is 0 Å². The van der Waals surface area contributed by atoms with Crippen LogP contribution in [0.5, 0.6) is 5.75 Å². The molecule has 0 aliphatic rings. The van der Waals surface area contributed by atoms with Crippen LogP contribution in [0.25, 0.3) is 0 Å². The zero-order valence-corrected chi connectivity index (χ0v) is 21.4. The fourth-order valence-electron chi connectivity index (χ4n) is 2.86. The lowest BCUT2D eigenvalue weighted by atomic mass is 10.2. The Bertz CT molecular complexity index is 1140. The highest BCUT2D eigenvalue weighted by Gasteiger charge is 2.20. The van der Waals surface area contributed by atoms with E-state index in [-0.39, 0.29) is 17.8 Å². The first-order valence-electron chi connectivity index (χ1n) is 9.63. The van der Waals surface area contributed by atoms with E-state index in [0.717, 1.165) is 10.0 Å². The predicted molar refractivity (Wildman–Crippen MR) is 134 cm³/mol. The van der Waals surface area contributed by atoms with E-state index in [0.29, 0.717) is 39.0 Å². The molecular formula is C22H21BrCl2N4O2S. The standard InChI is InChI=1S/C22H21BrCl2N4O2S/c1-4-9-29-21(14(3)31-16-6-7-17(24)13(2)10-16)27-28-22(29)32-12-20(30)26-19-8-5-15(23)11-18(19)25/h4-8,10-11,14H,1,9,12H2,2-3H3,(H,26,30). The van der Waals surface area contributed by atoms with Crippen LogP contribution in [0.1, 0.15) is 24.4 Å². The van der Waals surface area contributed by atoms with E-state index >= 15 is 0 Å². The maximum absolute atomic E-state index is 12.4. The van der Waals surface area contributed by atoms with Crippen LogP contribution < -0.4 is 10.1 Å². The van der Waals surface area contributed by atoms with Gasteiger partial charge in [0.2, 0.25) is 5.91 Å². The summed E-state index contributed by atoms with van der Waals surface area (Å²) in [4.78, 5) is 12.4. The molecule has 6 nitrogen and oxygen atoms in total. The fraction of sp³-hybridized carbons (Fsp3) is 0.227. The quantitative estimate of drug-likeness (QED) is 0.234. The number of carbonyl (C=O) groups is 1. The number of ether oxygens (including phenoxy) is 1. The summed E-state index contributed by atoms with van der Waals surface area (Å²) in [7, 11) is 0. The van der Waals surface area contributed by atoms with Gasteiger partial charge in [0.15, 0.2) is 17.1 Å². The smallest absolute Gasteiger partial charge is 0.234 e. The molecule has 1 heterocycles. The number of benzene rings is 2. The molecule has 168 valence electrons. The number of hydrogen-bond acceptors (Lipinski definition) is 5. The lowest BCUT2D eigenvalue weighted by Crippen LogP contribution is -2.15. The van der Waals surface area contributed by atoms with Crippen molar-refractivity contribution in [2.24, 2.45) is 0 Å². The van der Waals surface area contributed by atoms with E-state index in [1.807, 2.05) is 36.6 Å². The highest BCUT2D eigenvalue weighted by Crippen LogP contribution is 2.28. The SMILES string of the molecule is C=CCn1c(SCC(=O)Nc2ccc(Br)cc2Cl)nnc1C(C)Oc1ccc(Cl)c(C)c1. The highest BCUT2D eigenvalue weighted by atomic mass is 79.9. The third-order valence-electron chi connectivity index (χ3n) is 4.40. The maximum Gasteiger partial charge on any atom is 0.234 e. The minimum atomic E-state index is -0.368. The molecule has 0 aliphatic carbocycles. The number of anilines is 1. The molecule has 0 bridgehead atoms. The Labute approximate surface area is 209 Å². The third-order valence-corrected chi connectivity index (χ3v) is 6.60. The number of amides is 1. The molecule has 3 aromatic rings. The summed E-state index contributed by atoms with van der Waals surface area (Å²) in [6.07, 6.45) is 1.38. The number of thioether (sulfide) groups is 1. The maximum atomic E-state index is 12.4. The lowest BCUT2D eigenvalue weighted by molar-refractivity contribution is -0.113. The number of halogens is 3. The van der Waals surface area contributed by atoms with Gasteiger partial charge in [0, 0.05) is 16.0 Å². The van der Waals surface area contributed by atoms with Crippen LogP contribution in [0.2, 0.25) is 10.0 Å². The van der Waals surface area contributed by atoms with Gasteiger partial charge >= 0.3 is 0 Å². The first kappa shape index (κ1) is 24.6. The number of nitrogens with one attached hydrogen (secondary N) is 1. The Morgan fingerprint density at radius 2 is 2.06 bits per heavy atom. The van der Waals surface area contributed by atoms with Crippen LogP contribution in [-0.2, 0) is 11.3 Å². The largest absolute Gasteiger partial charge is 0.483 e. The van der Waals surface area contributed by atoms with Crippen LogP contribution in [0.3, 0.4) is 0 Å². The van der Waals surface area contributed by atoms with Gasteiger partial charge in [-0.05, 0) is 55.8 Å². The molecule has 1 amide bonds. The van der Waals surface area contributed by atoms with Gasteiger partial charge in [-0.15, -0.1) is 16.8 Å². The minimum absolute atomic E-state index is 0.146.